The van der Waals surface area contributed by atoms with Gasteiger partial charge in [-0.05, 0) is 68.4 Å². The van der Waals surface area contributed by atoms with E-state index in [1.807, 2.05) is 61.5 Å². The Hall–Kier alpha value is -5.14. The first-order valence-corrected chi connectivity index (χ1v) is 23.9. The van der Waals surface area contributed by atoms with E-state index < -0.39 is 89.6 Å². The number of rotatable bonds is 18. The third-order valence-electron chi connectivity index (χ3n) is 12.4. The number of hydrogen-bond donors (Lipinski definition) is 3. The van der Waals surface area contributed by atoms with Gasteiger partial charge >= 0.3 is 5.97 Å². The molecule has 1 saturated heterocycles. The van der Waals surface area contributed by atoms with E-state index in [1.54, 1.807) is 0 Å². The van der Waals surface area contributed by atoms with Crippen molar-refractivity contribution in [2.75, 3.05) is 21.1 Å². The molecule has 0 radical (unpaired) electrons. The molecule has 0 aromatic carbocycles. The minimum atomic E-state index is -1.51. The Kier molecular flexibility index (Phi) is 24.3. The van der Waals surface area contributed by atoms with Crippen LogP contribution in [0.4, 0.5) is 4.39 Å². The Morgan fingerprint density at radius 3 is 1.64 bits per heavy atom. The highest BCUT2D eigenvalue weighted by Crippen LogP contribution is 2.22. The summed E-state index contributed by atoms with van der Waals surface area (Å²) in [5.41, 5.74) is 0.281. The van der Waals surface area contributed by atoms with Gasteiger partial charge in [0.2, 0.25) is 29.5 Å². The van der Waals surface area contributed by atoms with Crippen molar-refractivity contribution in [2.24, 2.45) is 23.7 Å². The molecule has 370 valence electrons. The van der Waals surface area contributed by atoms with Gasteiger partial charge in [-0.1, -0.05) is 93.9 Å². The molecule has 3 N–H and O–H groups in total. The molecule has 0 saturated carbocycles. The Morgan fingerprint density at radius 1 is 0.697 bits per heavy atom. The molecule has 5 unspecified atom stereocenters. The molecule has 2 heterocycles. The van der Waals surface area contributed by atoms with E-state index in [2.05, 4.69) is 20.9 Å². The minimum absolute atomic E-state index is 0.0464. The summed E-state index contributed by atoms with van der Waals surface area (Å²) in [5, 5.41) is 18.1. The SMILES string of the molecule is CCCC[C@@H](C)CC1NC(=O)C(Cc2ccc(F)cn2)N(C)C(=O)C(CC(C)C)NC(=O)[C@H](CC(C)C)N(C)C(=O)C(C[C@H](C)CCCC)NC(=O)[C@@H](CCC#N)OC(=O)C(C)N(C)C1=O. The average molecular weight is 927 g/mol. The normalized spacial score (nSPS) is 24.6. The van der Waals surface area contributed by atoms with Gasteiger partial charge in [-0.2, -0.15) is 5.26 Å². The maximum atomic E-state index is 14.8. The fraction of sp³-hybridized carbons (Fsp3) is 0.735. The van der Waals surface area contributed by atoms with Gasteiger partial charge < -0.3 is 35.4 Å². The number of esters is 1. The van der Waals surface area contributed by atoms with Gasteiger partial charge in [0.25, 0.3) is 5.91 Å². The molecular formula is C49H79FN8O8. The number of amides is 6. The van der Waals surface area contributed by atoms with Crippen LogP contribution in [0.25, 0.3) is 0 Å². The molecule has 1 fully saturated rings. The summed E-state index contributed by atoms with van der Waals surface area (Å²) in [4.78, 5) is 109. The average Bonchev–Trinajstić information content (AvgIpc) is 3.27. The molecule has 0 spiro atoms. The zero-order valence-corrected chi connectivity index (χ0v) is 41.7. The third kappa shape index (κ3) is 17.9. The monoisotopic (exact) mass is 927 g/mol. The van der Waals surface area contributed by atoms with Gasteiger partial charge in [0, 0.05) is 46.1 Å². The quantitative estimate of drug-likeness (QED) is 0.158. The van der Waals surface area contributed by atoms with Gasteiger partial charge in [-0.15, -0.1) is 0 Å². The van der Waals surface area contributed by atoms with Crippen molar-refractivity contribution < 1.29 is 42.7 Å². The van der Waals surface area contributed by atoms with Gasteiger partial charge in [0.1, 0.15) is 42.1 Å². The summed E-state index contributed by atoms with van der Waals surface area (Å²) >= 11 is 0. The molecule has 1 aromatic rings. The molecule has 17 heteroatoms. The third-order valence-corrected chi connectivity index (χ3v) is 12.4. The standard InChI is InChI=1S/C49H79FN8O8/c1-13-15-18-32(7)26-38-46(62)56(10)34(9)49(65)66-42(20-17-23-51)45(61)55-39(27-33(8)19-16-14-2)48(64)57(11)40(25-31(5)6)43(59)53-37(24-30(3)4)47(63)58(12)41(44(60)54-38)28-36-22-21-35(50)29-52-36/h21-22,29-34,37-42H,13-20,24-28H2,1-12H3,(H,53,59)(H,54,60)(H,55,61)/t32-,33-,34?,37?,38?,39?,40+,41?,42-/m1/s1. The fourth-order valence-corrected chi connectivity index (χ4v) is 8.17. The molecule has 1 aliphatic heterocycles. The topological polar surface area (TPSA) is 211 Å². The number of nitrogens with zero attached hydrogens (tertiary/aromatic N) is 5. The number of unbranched alkanes of at least 4 members (excludes halogenated alkanes) is 2. The van der Waals surface area contributed by atoms with Crippen molar-refractivity contribution in [3.8, 4) is 6.07 Å². The van der Waals surface area contributed by atoms with Crippen LogP contribution in [0.5, 0.6) is 0 Å². The predicted molar refractivity (Wildman–Crippen MR) is 249 cm³/mol. The highest BCUT2D eigenvalue weighted by atomic mass is 19.1. The van der Waals surface area contributed by atoms with E-state index in [0.29, 0.717) is 0 Å². The maximum absolute atomic E-state index is 14.8. The molecule has 1 aliphatic rings. The summed E-state index contributed by atoms with van der Waals surface area (Å²) in [6, 6.07) is -2.65. The van der Waals surface area contributed by atoms with Crippen molar-refractivity contribution in [3.05, 3.63) is 29.8 Å². The first-order chi connectivity index (χ1) is 31.1. The number of halogens is 1. The van der Waals surface area contributed by atoms with Crippen molar-refractivity contribution in [3.63, 3.8) is 0 Å². The number of likely N-dealkylation sites (N-methyl/N-ethyl adjacent to an activating group) is 3. The number of carbonyl (C=O) groups is 7. The fourth-order valence-electron chi connectivity index (χ4n) is 8.17. The van der Waals surface area contributed by atoms with Gasteiger partial charge in [-0.25, -0.2) is 9.18 Å². The molecule has 0 bridgehead atoms. The van der Waals surface area contributed by atoms with Gasteiger partial charge in [0.05, 0.1) is 12.3 Å². The minimum Gasteiger partial charge on any atom is -0.451 e. The summed E-state index contributed by atoms with van der Waals surface area (Å²) in [6.45, 7) is 17.0. The second-order valence-electron chi connectivity index (χ2n) is 19.3. The largest absolute Gasteiger partial charge is 0.451 e. The van der Waals surface area contributed by atoms with Crippen LogP contribution in [-0.4, -0.2) is 125 Å². The molecule has 6 amide bonds. The number of nitrogens with one attached hydrogen (secondary N) is 3. The van der Waals surface area contributed by atoms with Crippen molar-refractivity contribution in [1.82, 2.24) is 35.6 Å². The summed E-state index contributed by atoms with van der Waals surface area (Å²) in [7, 11) is 4.28. The van der Waals surface area contributed by atoms with Gasteiger partial charge in [0.15, 0.2) is 6.10 Å². The molecule has 1 aromatic heterocycles. The second kappa shape index (κ2) is 28.1. The van der Waals surface area contributed by atoms with Crippen LogP contribution in [0.2, 0.25) is 0 Å². The molecule has 66 heavy (non-hydrogen) atoms. The smallest absolute Gasteiger partial charge is 0.329 e. The molecule has 2 rings (SSSR count). The highest BCUT2D eigenvalue weighted by Gasteiger charge is 2.40. The number of nitriles is 1. The lowest BCUT2D eigenvalue weighted by Gasteiger charge is -2.35. The lowest BCUT2D eigenvalue weighted by atomic mass is 9.94. The van der Waals surface area contributed by atoms with Crippen LogP contribution in [0, 0.1) is 40.8 Å². The summed E-state index contributed by atoms with van der Waals surface area (Å²) in [6.07, 6.45) is 4.68. The van der Waals surface area contributed by atoms with Gasteiger partial charge in [-0.3, -0.25) is 33.8 Å². The zero-order chi connectivity index (χ0) is 49.8. The van der Waals surface area contributed by atoms with Crippen LogP contribution >= 0.6 is 0 Å². The first-order valence-electron chi connectivity index (χ1n) is 23.9. The molecule has 0 aliphatic carbocycles. The Bertz CT molecular complexity index is 1810. The van der Waals surface area contributed by atoms with Crippen LogP contribution < -0.4 is 16.0 Å². The Morgan fingerprint density at radius 2 is 1.17 bits per heavy atom. The van der Waals surface area contributed by atoms with E-state index in [1.165, 1.54) is 50.0 Å². The van der Waals surface area contributed by atoms with Crippen LogP contribution in [0.3, 0.4) is 0 Å². The van der Waals surface area contributed by atoms with E-state index in [4.69, 9.17) is 4.74 Å². The van der Waals surface area contributed by atoms with E-state index in [-0.39, 0.29) is 74.3 Å². The lowest BCUT2D eigenvalue weighted by molar-refractivity contribution is -0.163. The maximum Gasteiger partial charge on any atom is 0.329 e. The van der Waals surface area contributed by atoms with Crippen LogP contribution in [0.15, 0.2) is 18.3 Å². The number of aromatic nitrogens is 1. The number of cyclic esters (lactones) is 1. The van der Waals surface area contributed by atoms with Crippen LogP contribution in [0.1, 0.15) is 145 Å². The van der Waals surface area contributed by atoms with E-state index in [9.17, 15) is 43.2 Å². The predicted octanol–water partition coefficient (Wildman–Crippen LogP) is 5.47. The summed E-state index contributed by atoms with van der Waals surface area (Å²) < 4.78 is 19.8. The van der Waals surface area contributed by atoms with Crippen molar-refractivity contribution in [2.45, 2.75) is 188 Å². The highest BCUT2D eigenvalue weighted by molar-refractivity contribution is 5.97. The Balaban J connectivity index is 2.92. The summed E-state index contributed by atoms with van der Waals surface area (Å²) in [5.74, 6) is -5.87. The zero-order valence-electron chi connectivity index (χ0n) is 41.7. The molecular weight excluding hydrogens is 848 g/mol. The Labute approximate surface area is 392 Å². The first kappa shape index (κ1) is 57.0. The number of hydrogen-bond acceptors (Lipinski definition) is 10. The molecule has 16 nitrogen and oxygen atoms in total. The number of carbonyl (C=O) groups excluding carboxylic acids is 7. The number of pyridine rings is 1. The number of ether oxygens (including phenoxy) is 1. The van der Waals surface area contributed by atoms with Crippen LogP contribution in [-0.2, 0) is 44.7 Å². The van der Waals surface area contributed by atoms with E-state index >= 15 is 0 Å². The van der Waals surface area contributed by atoms with Crippen molar-refractivity contribution >= 4 is 41.4 Å². The second-order valence-corrected chi connectivity index (χ2v) is 19.3. The molecule has 9 atom stereocenters. The lowest BCUT2D eigenvalue weighted by Crippen LogP contribution is -2.60. The van der Waals surface area contributed by atoms with E-state index in [0.717, 1.165) is 49.6 Å². The van der Waals surface area contributed by atoms with Crippen molar-refractivity contribution in [1.29, 1.82) is 5.26 Å².